The molecule has 0 spiro atoms. The summed E-state index contributed by atoms with van der Waals surface area (Å²) in [5, 5.41) is 11.3. The van der Waals surface area contributed by atoms with Crippen LogP contribution in [0.5, 0.6) is 0 Å². The largest absolute Gasteiger partial charge is 0.416 e. The minimum atomic E-state index is -4.81. The number of nitrogens with zero attached hydrogens (tertiary/aromatic N) is 7. The molecule has 0 atom stereocenters. The van der Waals surface area contributed by atoms with Gasteiger partial charge in [-0.25, -0.2) is 24.8 Å². The van der Waals surface area contributed by atoms with Gasteiger partial charge in [0.2, 0.25) is 0 Å². The number of rotatable bonds is 7. The average molecular weight is 822 g/mol. The molecule has 0 bridgehead atoms. The summed E-state index contributed by atoms with van der Waals surface area (Å²) in [7, 11) is 0. The molecular formula is C53H30F3N7. The van der Waals surface area contributed by atoms with Crippen molar-refractivity contribution in [3.8, 4) is 79.6 Å². The van der Waals surface area contributed by atoms with E-state index in [9.17, 15) is 5.26 Å². The lowest BCUT2D eigenvalue weighted by Crippen LogP contribution is -2.11. The molecule has 0 amide bonds. The number of nitriles is 1. The van der Waals surface area contributed by atoms with Gasteiger partial charge in [0.1, 0.15) is 0 Å². The zero-order valence-corrected chi connectivity index (χ0v) is 33.1. The van der Waals surface area contributed by atoms with Gasteiger partial charge in [0.25, 0.3) is 0 Å². The molecular weight excluding hydrogens is 792 g/mol. The van der Waals surface area contributed by atoms with Crippen molar-refractivity contribution in [2.24, 2.45) is 0 Å². The Labute approximate surface area is 359 Å². The molecule has 0 saturated carbocycles. The molecule has 7 nitrogen and oxygen atoms in total. The van der Waals surface area contributed by atoms with E-state index in [0.717, 1.165) is 28.8 Å². The van der Waals surface area contributed by atoms with Crippen LogP contribution in [0, 0.1) is 17.9 Å². The number of halogens is 3. The van der Waals surface area contributed by atoms with Gasteiger partial charge in [0, 0.05) is 38.8 Å². The van der Waals surface area contributed by atoms with Gasteiger partial charge in [-0.3, -0.25) is 0 Å². The topological polar surface area (TPSA) is 84.6 Å². The molecule has 7 aromatic carbocycles. The van der Waals surface area contributed by atoms with E-state index in [1.165, 1.54) is 0 Å². The second-order valence-electron chi connectivity index (χ2n) is 14.8. The van der Waals surface area contributed by atoms with Gasteiger partial charge in [-0.15, -0.1) is 0 Å². The van der Waals surface area contributed by atoms with Gasteiger partial charge < -0.3 is 4.57 Å². The molecule has 0 N–H and O–H groups in total. The van der Waals surface area contributed by atoms with Crippen molar-refractivity contribution in [1.82, 2.24) is 24.5 Å². The highest BCUT2D eigenvalue weighted by Gasteiger charge is 2.35. The number of hydrogen-bond donors (Lipinski definition) is 0. The highest BCUT2D eigenvalue weighted by Crippen LogP contribution is 2.46. The first-order chi connectivity index (χ1) is 30.7. The first-order valence-electron chi connectivity index (χ1n) is 19.9. The third kappa shape index (κ3) is 7.22. The van der Waals surface area contributed by atoms with E-state index in [-0.39, 0.29) is 22.6 Å². The monoisotopic (exact) mass is 821 g/mol. The van der Waals surface area contributed by atoms with Crippen LogP contribution in [0.2, 0.25) is 0 Å². The maximum Gasteiger partial charge on any atom is 0.416 e. The third-order valence-corrected chi connectivity index (χ3v) is 10.9. The minimum Gasteiger partial charge on any atom is -0.308 e. The highest BCUT2D eigenvalue weighted by molar-refractivity contribution is 6.12. The molecule has 3 aromatic heterocycles. The van der Waals surface area contributed by atoms with E-state index in [1.807, 2.05) is 132 Å². The van der Waals surface area contributed by atoms with Crippen molar-refractivity contribution >= 4 is 27.5 Å². The molecule has 0 unspecified atom stereocenters. The van der Waals surface area contributed by atoms with E-state index in [2.05, 4.69) is 10.9 Å². The molecule has 0 fully saturated rings. The zero-order chi connectivity index (χ0) is 43.1. The van der Waals surface area contributed by atoms with E-state index < -0.39 is 11.7 Å². The average Bonchev–Trinajstić information content (AvgIpc) is 3.66. The van der Waals surface area contributed by atoms with Crippen molar-refractivity contribution in [2.45, 2.75) is 6.18 Å². The second kappa shape index (κ2) is 15.7. The summed E-state index contributed by atoms with van der Waals surface area (Å²) < 4.78 is 48.6. The molecule has 10 aromatic rings. The van der Waals surface area contributed by atoms with Gasteiger partial charge in [0.05, 0.1) is 63.3 Å². The van der Waals surface area contributed by atoms with E-state index in [1.54, 1.807) is 42.5 Å². The lowest BCUT2D eigenvalue weighted by Gasteiger charge is -2.22. The van der Waals surface area contributed by atoms with Crippen molar-refractivity contribution < 1.29 is 13.2 Å². The Balaban J connectivity index is 1.40. The Morgan fingerprint density at radius 3 is 1.48 bits per heavy atom. The summed E-state index contributed by atoms with van der Waals surface area (Å²) in [6.45, 7) is 7.84. The molecule has 63 heavy (non-hydrogen) atoms. The van der Waals surface area contributed by atoms with Gasteiger partial charge >= 0.3 is 6.18 Å². The Bertz CT molecular complexity index is 3110. The van der Waals surface area contributed by atoms with Gasteiger partial charge in [-0.1, -0.05) is 127 Å². The lowest BCUT2D eigenvalue weighted by atomic mass is 9.96. The maximum atomic E-state index is 15.6. The fourth-order valence-electron chi connectivity index (χ4n) is 7.94. The summed E-state index contributed by atoms with van der Waals surface area (Å²) in [5.74, 6) is 0.354. The van der Waals surface area contributed by atoms with Crippen LogP contribution in [0.1, 0.15) is 11.1 Å². The fraction of sp³-hybridized carbons (Fsp3) is 0.0189. The van der Waals surface area contributed by atoms with Crippen LogP contribution in [-0.2, 0) is 6.18 Å². The molecule has 10 heteroatoms. The Morgan fingerprint density at radius 1 is 0.492 bits per heavy atom. The number of alkyl halides is 3. The molecule has 0 saturated heterocycles. The summed E-state index contributed by atoms with van der Waals surface area (Å²) in [4.78, 5) is 23.8. The molecule has 3 heterocycles. The standard InChI is InChI=1S/C53H30F3N7/c1-58-39-23-25-49-41(29-39)40-26-33(32-57)22-24-48(40)63(49)50-42(47-31-46(36-18-10-4-11-19-36)59-51(62-47)37-20-12-5-13-21-37)27-38(53(54,55)56)28-43(50)52-60-44(34-14-6-2-7-15-34)30-45(61-52)35-16-8-3-9-17-35/h2-31H. The van der Waals surface area contributed by atoms with Crippen molar-refractivity contribution in [2.75, 3.05) is 0 Å². The van der Waals surface area contributed by atoms with Crippen LogP contribution in [0.3, 0.4) is 0 Å². The minimum absolute atomic E-state index is 0.0413. The predicted octanol–water partition coefficient (Wildman–Crippen LogP) is 13.8. The number of fused-ring (bicyclic) bond motifs is 3. The van der Waals surface area contributed by atoms with Crippen LogP contribution in [0.25, 0.3) is 100 Å². The third-order valence-electron chi connectivity index (χ3n) is 10.9. The fourth-order valence-corrected chi connectivity index (χ4v) is 7.94. The van der Waals surface area contributed by atoms with Crippen LogP contribution < -0.4 is 0 Å². The maximum absolute atomic E-state index is 15.6. The first-order valence-corrected chi connectivity index (χ1v) is 19.9. The molecule has 0 aliphatic carbocycles. The smallest absolute Gasteiger partial charge is 0.308 e. The molecule has 0 aliphatic heterocycles. The summed E-state index contributed by atoms with van der Waals surface area (Å²) in [6, 6.07) is 55.9. The van der Waals surface area contributed by atoms with E-state index in [4.69, 9.17) is 26.5 Å². The van der Waals surface area contributed by atoms with Crippen molar-refractivity contribution in [1.29, 1.82) is 5.26 Å². The van der Waals surface area contributed by atoms with Crippen LogP contribution in [0.4, 0.5) is 18.9 Å². The quantitative estimate of drug-likeness (QED) is 0.150. The van der Waals surface area contributed by atoms with E-state index >= 15 is 13.2 Å². The Kier molecular flexibility index (Phi) is 9.59. The van der Waals surface area contributed by atoms with Crippen LogP contribution in [-0.4, -0.2) is 24.5 Å². The first kappa shape index (κ1) is 38.5. The van der Waals surface area contributed by atoms with Crippen molar-refractivity contribution in [3.63, 3.8) is 0 Å². The molecule has 0 radical (unpaired) electrons. The zero-order valence-electron chi connectivity index (χ0n) is 33.1. The summed E-state index contributed by atoms with van der Waals surface area (Å²) in [6.07, 6.45) is -4.81. The summed E-state index contributed by atoms with van der Waals surface area (Å²) in [5.41, 5.74) is 6.11. The van der Waals surface area contributed by atoms with Gasteiger partial charge in [-0.05, 0) is 60.0 Å². The van der Waals surface area contributed by atoms with Gasteiger partial charge in [-0.2, -0.15) is 18.4 Å². The second-order valence-corrected chi connectivity index (χ2v) is 14.8. The molecule has 298 valence electrons. The Hall–Kier alpha value is -8.73. The summed E-state index contributed by atoms with van der Waals surface area (Å²) >= 11 is 0. The highest BCUT2D eigenvalue weighted by atomic mass is 19.4. The number of hydrogen-bond acceptors (Lipinski definition) is 5. The molecule has 10 rings (SSSR count). The number of aromatic nitrogens is 5. The molecule has 0 aliphatic rings. The van der Waals surface area contributed by atoms with Gasteiger partial charge in [0.15, 0.2) is 17.3 Å². The van der Waals surface area contributed by atoms with Crippen LogP contribution >= 0.6 is 0 Å². The predicted molar refractivity (Wildman–Crippen MR) is 241 cm³/mol. The SMILES string of the molecule is [C-]#[N+]c1ccc2c(c1)c1cc(C#N)ccc1n2-c1c(-c2cc(-c3ccccc3)nc(-c3ccccc3)n2)cc(C(F)(F)F)cc1-c1nc(-c2ccccc2)cc(-c2ccccc2)n1. The van der Waals surface area contributed by atoms with E-state index in [0.29, 0.717) is 67.2 Å². The van der Waals surface area contributed by atoms with Crippen molar-refractivity contribution in [3.05, 3.63) is 205 Å². The normalized spacial score (nSPS) is 11.4. The van der Waals surface area contributed by atoms with Crippen LogP contribution in [0.15, 0.2) is 182 Å². The Morgan fingerprint density at radius 2 is 0.952 bits per heavy atom. The number of benzene rings is 7. The lowest BCUT2D eigenvalue weighted by molar-refractivity contribution is -0.137.